The van der Waals surface area contributed by atoms with Crippen LogP contribution in [0.4, 0.5) is 18.9 Å². The maximum Gasteiger partial charge on any atom is 0.389 e. The summed E-state index contributed by atoms with van der Waals surface area (Å²) in [5.41, 5.74) is 2.31. The molecule has 0 radical (unpaired) electrons. The molecular formula is C28H30F3N3O4. The molecule has 2 amide bonds. The van der Waals surface area contributed by atoms with Crippen molar-refractivity contribution in [2.24, 2.45) is 16.8 Å². The van der Waals surface area contributed by atoms with Crippen LogP contribution in [0.2, 0.25) is 0 Å². The number of nitrogens with zero attached hydrogens (tertiary/aromatic N) is 2. The minimum atomic E-state index is -4.49. The van der Waals surface area contributed by atoms with Gasteiger partial charge < -0.3 is 15.0 Å². The summed E-state index contributed by atoms with van der Waals surface area (Å²) in [7, 11) is 0. The van der Waals surface area contributed by atoms with Gasteiger partial charge in [-0.05, 0) is 25.8 Å². The largest absolute Gasteiger partial charge is 0.490 e. The lowest BCUT2D eigenvalue weighted by molar-refractivity contribution is -0.146. The van der Waals surface area contributed by atoms with Crippen LogP contribution in [-0.2, 0) is 14.4 Å². The second-order valence-electron chi connectivity index (χ2n) is 9.51. The average molecular weight is 530 g/mol. The van der Waals surface area contributed by atoms with Crippen LogP contribution in [0, 0.1) is 11.8 Å². The number of para-hydroxylation sites is 1. The van der Waals surface area contributed by atoms with Crippen molar-refractivity contribution in [2.45, 2.75) is 51.9 Å². The molecule has 4 rings (SSSR count). The van der Waals surface area contributed by atoms with Gasteiger partial charge in [-0.15, -0.1) is 0 Å². The summed E-state index contributed by atoms with van der Waals surface area (Å²) in [6, 6.07) is 14.4. The van der Waals surface area contributed by atoms with Gasteiger partial charge in [-0.2, -0.15) is 13.2 Å². The minimum Gasteiger partial charge on any atom is -0.490 e. The van der Waals surface area contributed by atoms with E-state index < -0.39 is 48.8 Å². The normalized spacial score (nSPS) is 18.4. The Bertz CT molecular complexity index is 1230. The van der Waals surface area contributed by atoms with Crippen molar-refractivity contribution in [1.29, 1.82) is 0 Å². The summed E-state index contributed by atoms with van der Waals surface area (Å²) in [4.78, 5) is 45.7. The van der Waals surface area contributed by atoms with E-state index in [1.54, 1.807) is 19.1 Å². The summed E-state index contributed by atoms with van der Waals surface area (Å²) in [5.74, 6) is -3.32. The number of rotatable bonds is 9. The van der Waals surface area contributed by atoms with Crippen LogP contribution in [0.1, 0.15) is 50.7 Å². The Morgan fingerprint density at radius 1 is 1.11 bits per heavy atom. The zero-order valence-corrected chi connectivity index (χ0v) is 21.3. The molecule has 7 nitrogen and oxygen atoms in total. The Labute approximate surface area is 219 Å². The number of hydrogen-bond donors (Lipinski definition) is 1. The molecule has 0 saturated heterocycles. The van der Waals surface area contributed by atoms with E-state index in [1.165, 1.54) is 11.8 Å². The van der Waals surface area contributed by atoms with Gasteiger partial charge in [0, 0.05) is 29.4 Å². The van der Waals surface area contributed by atoms with E-state index in [9.17, 15) is 27.6 Å². The van der Waals surface area contributed by atoms with Gasteiger partial charge in [-0.25, -0.2) is 4.99 Å². The molecule has 2 aliphatic heterocycles. The number of halogens is 3. The van der Waals surface area contributed by atoms with E-state index in [-0.39, 0.29) is 25.4 Å². The minimum absolute atomic E-state index is 0.218. The molecule has 1 N–H and O–H groups in total. The first kappa shape index (κ1) is 27.3. The quantitative estimate of drug-likeness (QED) is 0.512. The van der Waals surface area contributed by atoms with Gasteiger partial charge >= 0.3 is 6.18 Å². The van der Waals surface area contributed by atoms with Crippen molar-refractivity contribution in [3.8, 4) is 5.75 Å². The summed E-state index contributed by atoms with van der Waals surface area (Å²) >= 11 is 0. The molecule has 202 valence electrons. The van der Waals surface area contributed by atoms with E-state index in [4.69, 9.17) is 4.74 Å². The number of benzene rings is 2. The Balaban J connectivity index is 1.74. The van der Waals surface area contributed by atoms with Gasteiger partial charge in [0.1, 0.15) is 18.1 Å². The topological polar surface area (TPSA) is 88.1 Å². The zero-order valence-electron chi connectivity index (χ0n) is 21.3. The predicted octanol–water partition coefficient (Wildman–Crippen LogP) is 4.67. The highest BCUT2D eigenvalue weighted by molar-refractivity contribution is 6.21. The van der Waals surface area contributed by atoms with Crippen LogP contribution in [0.15, 0.2) is 53.5 Å². The summed E-state index contributed by atoms with van der Waals surface area (Å²) in [6.07, 6.45) is -6.87. The van der Waals surface area contributed by atoms with Gasteiger partial charge in [0.05, 0.1) is 17.9 Å². The number of anilines is 1. The van der Waals surface area contributed by atoms with Crippen LogP contribution in [0.3, 0.4) is 0 Å². The highest BCUT2D eigenvalue weighted by Gasteiger charge is 2.40. The first-order valence-corrected chi connectivity index (χ1v) is 12.7. The molecule has 3 atom stereocenters. The predicted molar refractivity (Wildman–Crippen MR) is 136 cm³/mol. The first-order valence-electron chi connectivity index (χ1n) is 12.7. The molecule has 0 fully saturated rings. The van der Waals surface area contributed by atoms with E-state index in [1.807, 2.05) is 36.4 Å². The molecule has 0 spiro atoms. The van der Waals surface area contributed by atoms with Crippen LogP contribution >= 0.6 is 0 Å². The molecule has 2 heterocycles. The number of hydrogen-bond acceptors (Lipinski definition) is 5. The van der Waals surface area contributed by atoms with E-state index in [0.29, 0.717) is 34.7 Å². The number of aliphatic imine (C=N–C) groups is 1. The molecule has 10 heteroatoms. The Morgan fingerprint density at radius 3 is 2.50 bits per heavy atom. The molecule has 2 aromatic carbocycles. The third-order valence-electron chi connectivity index (χ3n) is 6.86. The molecule has 2 aromatic rings. The number of carbonyl (C=O) groups excluding carboxylic acids is 3. The number of Topliss-reactive ketones (excluding diaryl/α,β-unsaturated/α-hetero) is 1. The fourth-order valence-electron chi connectivity index (χ4n) is 5.08. The van der Waals surface area contributed by atoms with E-state index >= 15 is 0 Å². The van der Waals surface area contributed by atoms with Crippen molar-refractivity contribution < 1.29 is 32.3 Å². The van der Waals surface area contributed by atoms with Crippen molar-refractivity contribution in [2.75, 3.05) is 18.1 Å². The van der Waals surface area contributed by atoms with Gasteiger partial charge in [0.15, 0.2) is 0 Å². The standard InChI is InChI=1S/C28H30F3N3O4/c1-3-8-19(17(2)35)20(13-14-28(29,30)31)26(36)33-25-27(37)34-15-16-38-22-12-7-11-21(24(22)34)23(32-25)18-9-5-4-6-10-18/h4-7,9-12,19-20,25H,3,8,13-16H2,1-2H3,(H,33,36)/t19-,20-,25-/m1/s1. The third-order valence-corrected chi connectivity index (χ3v) is 6.86. The molecule has 0 aromatic heterocycles. The van der Waals surface area contributed by atoms with Gasteiger partial charge in [-0.1, -0.05) is 55.8 Å². The van der Waals surface area contributed by atoms with Gasteiger partial charge in [-0.3, -0.25) is 14.4 Å². The van der Waals surface area contributed by atoms with Crippen LogP contribution < -0.4 is 15.0 Å². The number of nitrogens with one attached hydrogen (secondary N) is 1. The number of carbonyl (C=O) groups is 3. The Kier molecular flexibility index (Phi) is 8.18. The van der Waals surface area contributed by atoms with Crippen molar-refractivity contribution in [3.63, 3.8) is 0 Å². The van der Waals surface area contributed by atoms with Crippen molar-refractivity contribution in [3.05, 3.63) is 59.7 Å². The molecule has 0 aliphatic carbocycles. The van der Waals surface area contributed by atoms with Crippen LogP contribution in [0.25, 0.3) is 0 Å². The average Bonchev–Trinajstić information content (AvgIpc) is 3.00. The molecular weight excluding hydrogens is 499 g/mol. The Hall–Kier alpha value is -3.69. The first-order chi connectivity index (χ1) is 18.1. The fourth-order valence-corrected chi connectivity index (χ4v) is 5.08. The van der Waals surface area contributed by atoms with Crippen molar-refractivity contribution in [1.82, 2.24) is 5.32 Å². The maximum absolute atomic E-state index is 13.7. The lowest BCUT2D eigenvalue weighted by atomic mass is 9.82. The van der Waals surface area contributed by atoms with E-state index in [2.05, 4.69) is 10.3 Å². The number of ketones is 1. The summed E-state index contributed by atoms with van der Waals surface area (Å²) in [5, 5.41) is 2.60. The number of ether oxygens (including phenoxy) is 1. The lowest BCUT2D eigenvalue weighted by Gasteiger charge is -2.31. The molecule has 38 heavy (non-hydrogen) atoms. The highest BCUT2D eigenvalue weighted by Crippen LogP contribution is 2.39. The Morgan fingerprint density at radius 2 is 1.84 bits per heavy atom. The molecule has 2 aliphatic rings. The monoisotopic (exact) mass is 529 g/mol. The molecule has 0 saturated carbocycles. The fraction of sp³-hybridized carbons (Fsp3) is 0.429. The molecule has 0 unspecified atom stereocenters. The number of amides is 2. The summed E-state index contributed by atoms with van der Waals surface area (Å²) in [6.45, 7) is 3.53. The lowest BCUT2D eigenvalue weighted by Crippen LogP contribution is -2.51. The second kappa shape index (κ2) is 11.4. The smallest absolute Gasteiger partial charge is 0.389 e. The maximum atomic E-state index is 13.7. The highest BCUT2D eigenvalue weighted by atomic mass is 19.4. The summed E-state index contributed by atoms with van der Waals surface area (Å²) < 4.78 is 45.2. The van der Waals surface area contributed by atoms with E-state index in [0.717, 1.165) is 0 Å². The number of alkyl halides is 3. The zero-order chi connectivity index (χ0) is 27.4. The van der Waals surface area contributed by atoms with Crippen LogP contribution in [0.5, 0.6) is 5.75 Å². The van der Waals surface area contributed by atoms with Crippen LogP contribution in [-0.4, -0.2) is 48.8 Å². The molecule has 0 bridgehead atoms. The third kappa shape index (κ3) is 5.89. The SMILES string of the molecule is CCC[C@H](C(C)=O)[C@@H](CCC(F)(F)F)C(=O)N[C@H]1N=C(c2ccccc2)c2cccc3c2N(CCO3)C1=O. The second-order valence-corrected chi connectivity index (χ2v) is 9.51. The van der Waals surface area contributed by atoms with Gasteiger partial charge in [0.2, 0.25) is 12.1 Å². The van der Waals surface area contributed by atoms with Crippen molar-refractivity contribution >= 4 is 29.0 Å². The van der Waals surface area contributed by atoms with Gasteiger partial charge in [0.25, 0.3) is 5.91 Å².